The van der Waals surface area contributed by atoms with Crippen LogP contribution in [0.4, 0.5) is 5.82 Å². The van der Waals surface area contributed by atoms with Gasteiger partial charge in [-0.1, -0.05) is 6.07 Å². The van der Waals surface area contributed by atoms with E-state index in [1.165, 1.54) is 27.6 Å². The molecule has 5 rings (SSSR count). The van der Waals surface area contributed by atoms with E-state index in [0.717, 1.165) is 11.5 Å². The van der Waals surface area contributed by atoms with Crippen LogP contribution in [-0.4, -0.2) is 27.8 Å². The van der Waals surface area contributed by atoms with Gasteiger partial charge in [0.05, 0.1) is 6.04 Å². The Morgan fingerprint density at radius 3 is 2.96 bits per heavy atom. The van der Waals surface area contributed by atoms with Gasteiger partial charge in [-0.05, 0) is 29.8 Å². The molecule has 0 aliphatic carbocycles. The lowest BCUT2D eigenvalue weighted by molar-refractivity contribution is 0.253. The molecule has 23 heavy (non-hydrogen) atoms. The number of aryl methyl sites for hydroxylation is 1. The lowest BCUT2D eigenvalue weighted by Gasteiger charge is -2.23. The van der Waals surface area contributed by atoms with Crippen molar-refractivity contribution in [2.75, 3.05) is 7.05 Å². The number of aromatic amines is 1. The molecule has 2 aliphatic heterocycles. The van der Waals surface area contributed by atoms with Crippen molar-refractivity contribution in [3.8, 4) is 11.3 Å². The first-order valence-electron chi connectivity index (χ1n) is 7.72. The van der Waals surface area contributed by atoms with Gasteiger partial charge in [0.2, 0.25) is 0 Å². The highest BCUT2D eigenvalue weighted by Crippen LogP contribution is 2.41. The maximum absolute atomic E-state index is 4.56. The Morgan fingerprint density at radius 1 is 1.13 bits per heavy atom. The Labute approximate surface area is 133 Å². The van der Waals surface area contributed by atoms with Crippen LogP contribution in [0.15, 0.2) is 53.3 Å². The number of rotatable bonds is 1. The zero-order valence-corrected chi connectivity index (χ0v) is 13.0. The van der Waals surface area contributed by atoms with Crippen LogP contribution in [0.3, 0.4) is 0 Å². The summed E-state index contributed by atoms with van der Waals surface area (Å²) in [5.41, 5.74) is 9.20. The normalized spacial score (nSPS) is 19.6. The Hall–Kier alpha value is -2.79. The standard InChI is InChI=1S/C18H17N5/c1-22-6-5-12-7-11(3-4-16(12)22)15-8-14-17-13(10-20-23(17)2)9-19-18(14)21-15/h3-10,17,20-21H,1-2H3. The SMILES string of the molecule is CN1NC=C2C=Nc3[nH]c(-c4ccc5c(ccn5C)c4)cc3C21. The number of H-pyrrole nitrogens is 1. The number of aliphatic imine (C=N–C) groups is 1. The summed E-state index contributed by atoms with van der Waals surface area (Å²) in [7, 11) is 4.13. The Bertz CT molecular complexity index is 988. The zero-order chi connectivity index (χ0) is 15.6. The number of likely N-dealkylation sites (N-methyl/N-ethyl adjacent to an activating group) is 1. The summed E-state index contributed by atoms with van der Waals surface area (Å²) in [5.74, 6) is 0.950. The van der Waals surface area contributed by atoms with E-state index in [0.29, 0.717) is 0 Å². The molecule has 0 bridgehead atoms. The molecule has 2 aliphatic rings. The Kier molecular flexibility index (Phi) is 2.41. The first kappa shape index (κ1) is 12.7. The van der Waals surface area contributed by atoms with E-state index in [9.17, 15) is 0 Å². The molecule has 0 saturated heterocycles. The summed E-state index contributed by atoms with van der Waals surface area (Å²) in [6.45, 7) is 0. The van der Waals surface area contributed by atoms with Gasteiger partial charge in [0.15, 0.2) is 0 Å². The van der Waals surface area contributed by atoms with Crippen LogP contribution in [-0.2, 0) is 7.05 Å². The molecule has 0 radical (unpaired) electrons. The Morgan fingerprint density at radius 2 is 2.04 bits per heavy atom. The van der Waals surface area contributed by atoms with Crippen molar-refractivity contribution in [2.45, 2.75) is 6.04 Å². The maximum atomic E-state index is 4.56. The largest absolute Gasteiger partial charge is 0.351 e. The van der Waals surface area contributed by atoms with Gasteiger partial charge in [-0.15, -0.1) is 0 Å². The van der Waals surface area contributed by atoms with Gasteiger partial charge in [-0.2, -0.15) is 0 Å². The second-order valence-electron chi connectivity index (χ2n) is 6.23. The molecule has 4 heterocycles. The molecule has 2 aromatic heterocycles. The number of fused-ring (bicyclic) bond motifs is 4. The quantitative estimate of drug-likeness (QED) is 0.725. The average Bonchev–Trinajstić information content (AvgIpc) is 3.24. The van der Waals surface area contributed by atoms with Crippen molar-refractivity contribution in [3.05, 3.63) is 53.9 Å². The van der Waals surface area contributed by atoms with Crippen molar-refractivity contribution in [1.82, 2.24) is 20.0 Å². The van der Waals surface area contributed by atoms with Gasteiger partial charge in [-0.25, -0.2) is 10.0 Å². The van der Waals surface area contributed by atoms with Gasteiger partial charge < -0.3 is 15.0 Å². The predicted molar refractivity (Wildman–Crippen MR) is 92.6 cm³/mol. The summed E-state index contributed by atoms with van der Waals surface area (Å²) < 4.78 is 2.14. The lowest BCUT2D eigenvalue weighted by atomic mass is 9.99. The van der Waals surface area contributed by atoms with Gasteiger partial charge in [0.1, 0.15) is 5.82 Å². The third-order valence-corrected chi connectivity index (χ3v) is 4.80. The topological polar surface area (TPSA) is 48.4 Å². The molecule has 114 valence electrons. The van der Waals surface area contributed by atoms with E-state index < -0.39 is 0 Å². The number of hydrogen-bond acceptors (Lipinski definition) is 3. The molecule has 0 amide bonds. The van der Waals surface area contributed by atoms with Gasteiger partial charge in [0.25, 0.3) is 0 Å². The first-order valence-corrected chi connectivity index (χ1v) is 7.72. The number of nitrogens with zero attached hydrogens (tertiary/aromatic N) is 3. The van der Waals surface area contributed by atoms with Crippen molar-refractivity contribution in [3.63, 3.8) is 0 Å². The number of benzene rings is 1. The monoisotopic (exact) mass is 303 g/mol. The molecular formula is C18H17N5. The van der Waals surface area contributed by atoms with Crippen LogP contribution in [0, 0.1) is 0 Å². The molecule has 1 unspecified atom stereocenters. The van der Waals surface area contributed by atoms with Crippen LogP contribution in [0.5, 0.6) is 0 Å². The maximum Gasteiger partial charge on any atom is 0.135 e. The first-order chi connectivity index (χ1) is 11.2. The summed E-state index contributed by atoms with van der Waals surface area (Å²) in [6, 6.07) is 11.2. The minimum atomic E-state index is 0.230. The van der Waals surface area contributed by atoms with Crippen molar-refractivity contribution in [2.24, 2.45) is 12.0 Å². The fourth-order valence-corrected chi connectivity index (χ4v) is 3.57. The number of aromatic nitrogens is 2. The molecule has 0 fully saturated rings. The highest BCUT2D eigenvalue weighted by atomic mass is 15.5. The molecule has 0 saturated carbocycles. The average molecular weight is 303 g/mol. The number of hydrazine groups is 1. The third-order valence-electron chi connectivity index (χ3n) is 4.80. The summed E-state index contributed by atoms with van der Waals surface area (Å²) in [4.78, 5) is 8.03. The molecule has 1 atom stereocenters. The second-order valence-corrected chi connectivity index (χ2v) is 6.23. The van der Waals surface area contributed by atoms with E-state index in [1.807, 2.05) is 12.4 Å². The van der Waals surface area contributed by atoms with Crippen LogP contribution >= 0.6 is 0 Å². The molecule has 5 heteroatoms. The zero-order valence-electron chi connectivity index (χ0n) is 13.0. The number of nitrogens with one attached hydrogen (secondary N) is 2. The van der Waals surface area contributed by atoms with E-state index >= 15 is 0 Å². The minimum Gasteiger partial charge on any atom is -0.351 e. The third kappa shape index (κ3) is 1.74. The highest BCUT2D eigenvalue weighted by molar-refractivity contribution is 5.89. The van der Waals surface area contributed by atoms with E-state index in [4.69, 9.17) is 0 Å². The van der Waals surface area contributed by atoms with E-state index in [2.05, 4.69) is 75.6 Å². The van der Waals surface area contributed by atoms with Crippen molar-refractivity contribution < 1.29 is 0 Å². The molecular weight excluding hydrogens is 286 g/mol. The second kappa shape index (κ2) is 4.36. The fraction of sp³-hybridized carbons (Fsp3) is 0.167. The highest BCUT2D eigenvalue weighted by Gasteiger charge is 2.31. The van der Waals surface area contributed by atoms with Crippen molar-refractivity contribution >= 4 is 22.9 Å². The fourth-order valence-electron chi connectivity index (χ4n) is 3.57. The number of hydrogen-bond donors (Lipinski definition) is 2. The molecule has 3 aromatic rings. The van der Waals surface area contributed by atoms with Crippen molar-refractivity contribution in [1.29, 1.82) is 0 Å². The van der Waals surface area contributed by atoms with Crippen LogP contribution in [0.1, 0.15) is 11.6 Å². The van der Waals surface area contributed by atoms with Crippen LogP contribution in [0.25, 0.3) is 22.2 Å². The minimum absolute atomic E-state index is 0.230. The summed E-state index contributed by atoms with van der Waals surface area (Å²) in [5, 5.41) is 3.36. The summed E-state index contributed by atoms with van der Waals surface area (Å²) >= 11 is 0. The Balaban J connectivity index is 1.63. The van der Waals surface area contributed by atoms with Crippen LogP contribution in [0.2, 0.25) is 0 Å². The molecule has 5 nitrogen and oxygen atoms in total. The van der Waals surface area contributed by atoms with E-state index in [1.54, 1.807) is 0 Å². The summed E-state index contributed by atoms with van der Waals surface area (Å²) in [6.07, 6.45) is 6.04. The molecule has 0 spiro atoms. The lowest BCUT2D eigenvalue weighted by Crippen LogP contribution is -2.29. The molecule has 1 aromatic carbocycles. The van der Waals surface area contributed by atoms with Gasteiger partial charge >= 0.3 is 0 Å². The van der Waals surface area contributed by atoms with Gasteiger partial charge in [0, 0.05) is 60.4 Å². The smallest absolute Gasteiger partial charge is 0.135 e. The van der Waals surface area contributed by atoms with E-state index in [-0.39, 0.29) is 6.04 Å². The van der Waals surface area contributed by atoms with Crippen LogP contribution < -0.4 is 5.43 Å². The van der Waals surface area contributed by atoms with Gasteiger partial charge in [-0.3, -0.25) is 0 Å². The predicted octanol–water partition coefficient (Wildman–Crippen LogP) is 3.26. The molecule has 2 N–H and O–H groups in total.